The van der Waals surface area contributed by atoms with Gasteiger partial charge in [-0.05, 0) is 19.1 Å². The van der Waals surface area contributed by atoms with Crippen molar-refractivity contribution in [2.45, 2.75) is 6.92 Å². The highest BCUT2D eigenvalue weighted by Gasteiger charge is 2.12. The summed E-state index contributed by atoms with van der Waals surface area (Å²) in [5.41, 5.74) is 8.29. The molecule has 21 heavy (non-hydrogen) atoms. The first-order valence-corrected chi connectivity index (χ1v) is 6.61. The van der Waals surface area contributed by atoms with E-state index in [9.17, 15) is 0 Å². The van der Waals surface area contributed by atoms with Crippen LogP contribution in [0, 0.1) is 6.92 Å². The fourth-order valence-electron chi connectivity index (χ4n) is 2.08. The molecule has 0 spiro atoms. The van der Waals surface area contributed by atoms with E-state index in [1.165, 1.54) is 0 Å². The molecular formula is C14H16N6O. The first-order valence-electron chi connectivity index (χ1n) is 6.61. The van der Waals surface area contributed by atoms with E-state index in [4.69, 9.17) is 10.8 Å². The van der Waals surface area contributed by atoms with Gasteiger partial charge in [-0.25, -0.2) is 15.0 Å². The zero-order valence-corrected chi connectivity index (χ0v) is 11.6. The highest BCUT2D eigenvalue weighted by Crippen LogP contribution is 2.28. The Balaban J connectivity index is 2.14. The molecule has 7 nitrogen and oxygen atoms in total. The average Bonchev–Trinajstić information content (AvgIpc) is 2.95. The lowest BCUT2D eigenvalue weighted by Gasteiger charge is -2.08. The van der Waals surface area contributed by atoms with E-state index in [1.54, 1.807) is 6.20 Å². The largest absolute Gasteiger partial charge is 0.395 e. The summed E-state index contributed by atoms with van der Waals surface area (Å²) < 4.78 is 0. The van der Waals surface area contributed by atoms with Crippen LogP contribution in [0.1, 0.15) is 5.56 Å². The first kappa shape index (κ1) is 13.3. The van der Waals surface area contributed by atoms with Crippen molar-refractivity contribution >= 4 is 22.7 Å². The smallest absolute Gasteiger partial charge is 0.162 e. The molecule has 7 heteroatoms. The molecule has 0 saturated heterocycles. The van der Waals surface area contributed by atoms with E-state index >= 15 is 0 Å². The summed E-state index contributed by atoms with van der Waals surface area (Å²) >= 11 is 0. The SMILES string of the molecule is Cc1cnc(-c2cc(NCCO)nc3[nH]ccc23)nc1N. The summed E-state index contributed by atoms with van der Waals surface area (Å²) in [7, 11) is 0. The lowest BCUT2D eigenvalue weighted by molar-refractivity contribution is 0.311. The van der Waals surface area contributed by atoms with Gasteiger partial charge in [0.25, 0.3) is 0 Å². The summed E-state index contributed by atoms with van der Waals surface area (Å²) in [5, 5.41) is 12.9. The second-order valence-corrected chi connectivity index (χ2v) is 4.71. The van der Waals surface area contributed by atoms with Crippen LogP contribution in [0.2, 0.25) is 0 Å². The van der Waals surface area contributed by atoms with Gasteiger partial charge in [0.2, 0.25) is 0 Å². The molecule has 5 N–H and O–H groups in total. The number of pyridine rings is 1. The lowest BCUT2D eigenvalue weighted by atomic mass is 10.1. The van der Waals surface area contributed by atoms with E-state index in [2.05, 4.69) is 25.3 Å². The molecular weight excluding hydrogens is 268 g/mol. The van der Waals surface area contributed by atoms with Gasteiger partial charge in [0.1, 0.15) is 17.3 Å². The molecule has 3 aromatic heterocycles. The fraction of sp³-hybridized carbons (Fsp3) is 0.214. The third-order valence-corrected chi connectivity index (χ3v) is 3.20. The van der Waals surface area contributed by atoms with Crippen molar-refractivity contribution < 1.29 is 5.11 Å². The molecule has 0 bridgehead atoms. The fourth-order valence-corrected chi connectivity index (χ4v) is 2.08. The van der Waals surface area contributed by atoms with Crippen LogP contribution in [0.25, 0.3) is 22.4 Å². The Morgan fingerprint density at radius 2 is 2.24 bits per heavy atom. The Bertz CT molecular complexity index is 782. The topological polar surface area (TPSA) is 113 Å². The monoisotopic (exact) mass is 284 g/mol. The van der Waals surface area contributed by atoms with Gasteiger partial charge in [-0.2, -0.15) is 0 Å². The molecule has 0 radical (unpaired) electrons. The number of nitrogens with one attached hydrogen (secondary N) is 2. The van der Waals surface area contributed by atoms with Gasteiger partial charge in [-0.3, -0.25) is 0 Å². The van der Waals surface area contributed by atoms with E-state index in [1.807, 2.05) is 25.3 Å². The maximum absolute atomic E-state index is 8.91. The van der Waals surface area contributed by atoms with E-state index in [0.717, 1.165) is 22.2 Å². The summed E-state index contributed by atoms with van der Waals surface area (Å²) in [6.45, 7) is 2.33. The highest BCUT2D eigenvalue weighted by atomic mass is 16.3. The zero-order valence-electron chi connectivity index (χ0n) is 11.6. The van der Waals surface area contributed by atoms with Crippen molar-refractivity contribution in [2.24, 2.45) is 0 Å². The molecule has 0 saturated carbocycles. The average molecular weight is 284 g/mol. The van der Waals surface area contributed by atoms with Crippen molar-refractivity contribution in [3.63, 3.8) is 0 Å². The Morgan fingerprint density at radius 1 is 1.38 bits per heavy atom. The van der Waals surface area contributed by atoms with Crippen LogP contribution in [0.5, 0.6) is 0 Å². The van der Waals surface area contributed by atoms with Crippen LogP contribution < -0.4 is 11.1 Å². The van der Waals surface area contributed by atoms with Crippen LogP contribution in [0.4, 0.5) is 11.6 Å². The van der Waals surface area contributed by atoms with Crippen molar-refractivity contribution in [3.05, 3.63) is 30.1 Å². The zero-order chi connectivity index (χ0) is 14.8. The maximum Gasteiger partial charge on any atom is 0.162 e. The Labute approximate surface area is 121 Å². The number of fused-ring (bicyclic) bond motifs is 1. The predicted molar refractivity (Wildman–Crippen MR) is 81.8 cm³/mol. The van der Waals surface area contributed by atoms with Crippen molar-refractivity contribution in [1.82, 2.24) is 19.9 Å². The second kappa shape index (κ2) is 5.37. The van der Waals surface area contributed by atoms with Crippen LogP contribution in [-0.2, 0) is 0 Å². The van der Waals surface area contributed by atoms with Gasteiger partial charge in [-0.15, -0.1) is 0 Å². The Hall–Kier alpha value is -2.67. The molecule has 3 heterocycles. The molecule has 0 fully saturated rings. The summed E-state index contributed by atoms with van der Waals surface area (Å²) in [4.78, 5) is 16.2. The number of aromatic nitrogens is 4. The van der Waals surface area contributed by atoms with Crippen molar-refractivity contribution in [2.75, 3.05) is 24.2 Å². The number of H-pyrrole nitrogens is 1. The predicted octanol–water partition coefficient (Wildman–Crippen LogP) is 1.31. The van der Waals surface area contributed by atoms with Crippen LogP contribution in [-0.4, -0.2) is 38.2 Å². The summed E-state index contributed by atoms with van der Waals surface area (Å²) in [6, 6.07) is 3.78. The van der Waals surface area contributed by atoms with Gasteiger partial charge < -0.3 is 21.1 Å². The molecule has 0 aliphatic carbocycles. The molecule has 3 rings (SSSR count). The number of nitrogens with two attached hydrogens (primary N) is 1. The van der Waals surface area contributed by atoms with Crippen LogP contribution in [0.15, 0.2) is 24.5 Å². The number of anilines is 2. The van der Waals surface area contributed by atoms with E-state index < -0.39 is 0 Å². The minimum atomic E-state index is 0.0355. The van der Waals surface area contributed by atoms with Gasteiger partial charge in [0.15, 0.2) is 5.82 Å². The third-order valence-electron chi connectivity index (χ3n) is 3.20. The number of aliphatic hydroxyl groups is 1. The van der Waals surface area contributed by atoms with Gasteiger partial charge in [0, 0.05) is 35.5 Å². The summed E-state index contributed by atoms with van der Waals surface area (Å²) in [6.07, 6.45) is 3.52. The van der Waals surface area contributed by atoms with Gasteiger partial charge >= 0.3 is 0 Å². The number of nitrogen functional groups attached to an aromatic ring is 1. The lowest BCUT2D eigenvalue weighted by Crippen LogP contribution is -2.07. The number of hydrogen-bond donors (Lipinski definition) is 4. The van der Waals surface area contributed by atoms with Gasteiger partial charge in [0.05, 0.1) is 6.61 Å². The molecule has 0 aromatic carbocycles. The quantitative estimate of drug-likeness (QED) is 0.574. The Kier molecular flexibility index (Phi) is 3.41. The first-order chi connectivity index (χ1) is 10.2. The molecule has 0 amide bonds. The molecule has 0 atom stereocenters. The van der Waals surface area contributed by atoms with Gasteiger partial charge in [-0.1, -0.05) is 0 Å². The molecule has 3 aromatic rings. The molecule has 108 valence electrons. The minimum absolute atomic E-state index is 0.0355. The standard InChI is InChI=1S/C14H16N6O/c1-8-7-18-14(20-12(8)15)10-6-11(16-4-5-21)19-13-9(10)2-3-17-13/h2-3,6-7,21H,4-5H2,1H3,(H2,15,18,20)(H2,16,17,19). The normalized spacial score (nSPS) is 11.0. The number of hydrogen-bond acceptors (Lipinski definition) is 6. The molecule has 0 aliphatic heterocycles. The van der Waals surface area contributed by atoms with Crippen molar-refractivity contribution in [1.29, 1.82) is 0 Å². The second-order valence-electron chi connectivity index (χ2n) is 4.71. The number of rotatable bonds is 4. The number of aryl methyl sites for hydroxylation is 1. The molecule has 0 unspecified atom stereocenters. The van der Waals surface area contributed by atoms with E-state index in [0.29, 0.717) is 24.0 Å². The van der Waals surface area contributed by atoms with Crippen molar-refractivity contribution in [3.8, 4) is 11.4 Å². The maximum atomic E-state index is 8.91. The Morgan fingerprint density at radius 3 is 3.00 bits per heavy atom. The number of aromatic amines is 1. The van der Waals surface area contributed by atoms with E-state index in [-0.39, 0.29) is 6.61 Å². The minimum Gasteiger partial charge on any atom is -0.395 e. The van der Waals surface area contributed by atoms with Crippen LogP contribution >= 0.6 is 0 Å². The highest BCUT2D eigenvalue weighted by molar-refractivity contribution is 5.93. The number of nitrogens with zero attached hydrogens (tertiary/aromatic N) is 3. The number of aliphatic hydroxyl groups excluding tert-OH is 1. The third kappa shape index (κ3) is 2.50. The molecule has 0 aliphatic rings. The summed E-state index contributed by atoms with van der Waals surface area (Å²) in [5.74, 6) is 1.67. The van der Waals surface area contributed by atoms with Crippen LogP contribution in [0.3, 0.4) is 0 Å².